The van der Waals surface area contributed by atoms with Crippen LogP contribution >= 0.6 is 0 Å². The summed E-state index contributed by atoms with van der Waals surface area (Å²) >= 11 is 0. The molecule has 182 valence electrons. The van der Waals surface area contributed by atoms with E-state index in [1.54, 1.807) is 5.57 Å². The number of hydrogen-bond donors (Lipinski definition) is 4. The number of hydrogen-bond acceptors (Lipinski definition) is 4. The van der Waals surface area contributed by atoms with Crippen LogP contribution in [-0.4, -0.2) is 35.4 Å². The van der Waals surface area contributed by atoms with E-state index in [0.717, 1.165) is 37.1 Å². The number of aromatic amines is 1. The molecular formula is C29H41N5. The Balaban J connectivity index is 1.24. The van der Waals surface area contributed by atoms with Gasteiger partial charge in [-0.1, -0.05) is 47.6 Å². The van der Waals surface area contributed by atoms with Crippen LogP contribution in [0.2, 0.25) is 0 Å². The molecule has 1 spiro atoms. The van der Waals surface area contributed by atoms with Gasteiger partial charge in [-0.25, -0.2) is 0 Å². The zero-order valence-electron chi connectivity index (χ0n) is 20.9. The van der Waals surface area contributed by atoms with Gasteiger partial charge < -0.3 is 16.0 Å². The molecule has 4 N–H and O–H groups in total. The maximum Gasteiger partial charge on any atom is 0.113 e. The Morgan fingerprint density at radius 1 is 1.29 bits per heavy atom. The number of allylic oxidation sites excluding steroid dienone is 5. The number of rotatable bonds is 6. The lowest BCUT2D eigenvalue weighted by atomic mass is 9.73. The Morgan fingerprint density at radius 3 is 2.94 bits per heavy atom. The fourth-order valence-corrected chi connectivity index (χ4v) is 6.16. The van der Waals surface area contributed by atoms with Crippen LogP contribution in [0.4, 0.5) is 0 Å². The smallest absolute Gasteiger partial charge is 0.113 e. The molecule has 3 aliphatic heterocycles. The molecule has 1 aliphatic carbocycles. The van der Waals surface area contributed by atoms with Gasteiger partial charge >= 0.3 is 0 Å². The average Bonchev–Trinajstić information content (AvgIpc) is 3.52. The third-order valence-corrected chi connectivity index (χ3v) is 8.46. The third kappa shape index (κ3) is 5.01. The summed E-state index contributed by atoms with van der Waals surface area (Å²) in [6.07, 6.45) is 22.9. The molecule has 4 aliphatic rings. The lowest BCUT2D eigenvalue weighted by Gasteiger charge is -2.35. The van der Waals surface area contributed by atoms with Crippen LogP contribution in [0.5, 0.6) is 0 Å². The van der Waals surface area contributed by atoms with Gasteiger partial charge in [0.2, 0.25) is 0 Å². The number of piperidine rings is 1. The molecule has 4 heterocycles. The number of dihydropyridines is 1. The second-order valence-electron chi connectivity index (χ2n) is 10.9. The first kappa shape index (κ1) is 23.4. The molecule has 2 saturated heterocycles. The van der Waals surface area contributed by atoms with E-state index in [1.807, 2.05) is 0 Å². The minimum absolute atomic E-state index is 0.287. The van der Waals surface area contributed by atoms with Crippen LogP contribution in [-0.2, 0) is 0 Å². The summed E-state index contributed by atoms with van der Waals surface area (Å²) in [7, 11) is 0. The molecule has 0 saturated carbocycles. The Labute approximate surface area is 204 Å². The molecule has 0 amide bonds. The Hall–Kier alpha value is -2.37. The second kappa shape index (κ2) is 10.1. The fourth-order valence-electron chi connectivity index (χ4n) is 6.16. The van der Waals surface area contributed by atoms with Crippen molar-refractivity contribution in [3.8, 4) is 0 Å². The highest BCUT2D eigenvalue weighted by atomic mass is 15.1. The Bertz CT molecular complexity index is 1020. The normalized spacial score (nSPS) is 32.0. The van der Waals surface area contributed by atoms with Gasteiger partial charge in [-0.15, -0.1) is 0 Å². The van der Waals surface area contributed by atoms with E-state index < -0.39 is 0 Å². The highest BCUT2D eigenvalue weighted by Crippen LogP contribution is 2.42. The van der Waals surface area contributed by atoms with Crippen molar-refractivity contribution in [3.05, 3.63) is 71.1 Å². The summed E-state index contributed by atoms with van der Waals surface area (Å²) in [5, 5.41) is 18.8. The van der Waals surface area contributed by atoms with Crippen molar-refractivity contribution in [2.24, 2.45) is 5.41 Å². The summed E-state index contributed by atoms with van der Waals surface area (Å²) < 4.78 is 0. The predicted octanol–water partition coefficient (Wildman–Crippen LogP) is 5.46. The van der Waals surface area contributed by atoms with E-state index in [4.69, 9.17) is 0 Å². The monoisotopic (exact) mass is 459 g/mol. The fraction of sp³-hybridized carbons (Fsp3) is 0.552. The zero-order valence-corrected chi connectivity index (χ0v) is 20.9. The lowest BCUT2D eigenvalue weighted by molar-refractivity contribution is 0.285. The molecule has 5 nitrogen and oxygen atoms in total. The van der Waals surface area contributed by atoms with Crippen molar-refractivity contribution < 1.29 is 0 Å². The standard InChI is InChI=1S/C29H41N5/c1-4-22(16-23-10-12-29(13-11-23)14-15-30-19-29)17-27-20(2)8-9-25(33-27)24-18-31-34-28(24)26-7-5-6-21(3)32-26/h4-7,10,18,21,25,27,30,32-33H,2,8-9,11-17,19H2,1,3H3,(H,31,34)/b22-4-. The maximum atomic E-state index is 4.60. The average molecular weight is 460 g/mol. The van der Waals surface area contributed by atoms with Crippen LogP contribution in [0.25, 0.3) is 5.70 Å². The van der Waals surface area contributed by atoms with E-state index >= 15 is 0 Å². The number of H-pyrrole nitrogens is 1. The van der Waals surface area contributed by atoms with Crippen molar-refractivity contribution >= 4 is 5.70 Å². The van der Waals surface area contributed by atoms with Gasteiger partial charge in [0.15, 0.2) is 0 Å². The maximum absolute atomic E-state index is 4.60. The molecule has 2 fully saturated rings. The highest BCUT2D eigenvalue weighted by molar-refractivity contribution is 5.67. The second-order valence-corrected chi connectivity index (χ2v) is 10.9. The molecule has 0 radical (unpaired) electrons. The Morgan fingerprint density at radius 2 is 2.21 bits per heavy atom. The molecule has 5 heteroatoms. The first-order valence-corrected chi connectivity index (χ1v) is 13.2. The molecule has 34 heavy (non-hydrogen) atoms. The van der Waals surface area contributed by atoms with Gasteiger partial charge in [-0.05, 0) is 83.2 Å². The molecule has 0 aromatic carbocycles. The number of nitrogens with zero attached hydrogens (tertiary/aromatic N) is 1. The van der Waals surface area contributed by atoms with Crippen molar-refractivity contribution in [2.45, 2.75) is 83.3 Å². The quantitative estimate of drug-likeness (QED) is 0.426. The van der Waals surface area contributed by atoms with E-state index in [9.17, 15) is 0 Å². The third-order valence-electron chi connectivity index (χ3n) is 8.46. The van der Waals surface area contributed by atoms with Crippen molar-refractivity contribution in [1.82, 2.24) is 26.1 Å². The highest BCUT2D eigenvalue weighted by Gasteiger charge is 2.35. The SMILES string of the molecule is C=C1CCC(c2c[nH]nc2C2=CC=CC(C)N2)NC1C/C(=C\C)CC1=CCC2(CCNC2)CC1. The first-order chi connectivity index (χ1) is 16.5. The molecule has 4 atom stereocenters. The molecule has 1 aromatic rings. The summed E-state index contributed by atoms with van der Waals surface area (Å²) in [4.78, 5) is 0. The first-order valence-electron chi connectivity index (χ1n) is 13.2. The van der Waals surface area contributed by atoms with Crippen molar-refractivity contribution in [3.63, 3.8) is 0 Å². The van der Waals surface area contributed by atoms with E-state index in [-0.39, 0.29) is 6.04 Å². The van der Waals surface area contributed by atoms with E-state index in [2.05, 4.69) is 83.2 Å². The molecule has 1 aromatic heterocycles. The van der Waals surface area contributed by atoms with E-state index in [0.29, 0.717) is 17.5 Å². The lowest BCUT2D eigenvalue weighted by Crippen LogP contribution is -2.39. The van der Waals surface area contributed by atoms with Gasteiger partial charge in [0.25, 0.3) is 0 Å². The topological polar surface area (TPSA) is 64.8 Å². The van der Waals surface area contributed by atoms with E-state index in [1.165, 1.54) is 55.5 Å². The summed E-state index contributed by atoms with van der Waals surface area (Å²) in [6, 6.07) is 0.923. The minimum Gasteiger partial charge on any atom is -0.377 e. The molecular weight excluding hydrogens is 418 g/mol. The van der Waals surface area contributed by atoms with Gasteiger partial charge in [0, 0.05) is 36.4 Å². The largest absolute Gasteiger partial charge is 0.377 e. The molecule has 4 unspecified atom stereocenters. The summed E-state index contributed by atoms with van der Waals surface area (Å²) in [5.41, 5.74) is 8.45. The van der Waals surface area contributed by atoms with Crippen molar-refractivity contribution in [1.29, 1.82) is 0 Å². The molecule has 5 rings (SSSR count). The summed E-state index contributed by atoms with van der Waals surface area (Å²) in [6.45, 7) is 11.2. The minimum atomic E-state index is 0.287. The van der Waals surface area contributed by atoms with Gasteiger partial charge in [0.05, 0.1) is 5.70 Å². The Kier molecular flexibility index (Phi) is 6.94. The number of nitrogens with one attached hydrogen (secondary N) is 4. The van der Waals surface area contributed by atoms with Crippen LogP contribution < -0.4 is 16.0 Å². The zero-order chi connectivity index (χ0) is 23.5. The van der Waals surface area contributed by atoms with Crippen LogP contribution in [0.3, 0.4) is 0 Å². The summed E-state index contributed by atoms with van der Waals surface area (Å²) in [5.74, 6) is 0. The molecule has 0 bridgehead atoms. The number of aromatic nitrogens is 2. The van der Waals surface area contributed by atoms with Gasteiger partial charge in [0.1, 0.15) is 5.69 Å². The van der Waals surface area contributed by atoms with Gasteiger partial charge in [-0.3, -0.25) is 5.10 Å². The predicted molar refractivity (Wildman–Crippen MR) is 141 cm³/mol. The van der Waals surface area contributed by atoms with Crippen molar-refractivity contribution in [2.75, 3.05) is 13.1 Å². The van der Waals surface area contributed by atoms with Crippen LogP contribution in [0, 0.1) is 5.41 Å². The van der Waals surface area contributed by atoms with Gasteiger partial charge in [-0.2, -0.15) is 5.10 Å². The van der Waals surface area contributed by atoms with Crippen LogP contribution in [0.15, 0.2) is 59.9 Å². The van der Waals surface area contributed by atoms with Crippen LogP contribution in [0.1, 0.15) is 82.5 Å².